The number of halogens is 2. The molecule has 27 heavy (non-hydrogen) atoms. The fourth-order valence-electron chi connectivity index (χ4n) is 3.07. The van der Waals surface area contributed by atoms with E-state index < -0.39 is 0 Å². The Labute approximate surface area is 175 Å². The minimum Gasteiger partial charge on any atom is -0.355 e. The molecule has 1 fully saturated rings. The number of aromatic nitrogens is 3. The largest absolute Gasteiger partial charge is 0.355 e. The second-order valence-corrected chi connectivity index (χ2v) is 7.82. The van der Waals surface area contributed by atoms with Gasteiger partial charge in [0.1, 0.15) is 5.82 Å². The van der Waals surface area contributed by atoms with Crippen LogP contribution in [0.15, 0.2) is 29.4 Å². The predicted octanol–water partition coefficient (Wildman–Crippen LogP) is 2.81. The normalized spacial score (nSPS) is 14.6. The summed E-state index contributed by atoms with van der Waals surface area (Å²) in [6.45, 7) is 2.66. The first-order valence-electron chi connectivity index (χ1n) is 8.87. The summed E-state index contributed by atoms with van der Waals surface area (Å²) in [5, 5.41) is 16.4. The van der Waals surface area contributed by atoms with Gasteiger partial charge in [0.05, 0.1) is 5.75 Å². The summed E-state index contributed by atoms with van der Waals surface area (Å²) in [7, 11) is 1.98. The quantitative estimate of drug-likeness (QED) is 0.661. The van der Waals surface area contributed by atoms with E-state index in [9.17, 15) is 4.79 Å². The average Bonchev–Trinajstić information content (AvgIpc) is 3.03. The lowest BCUT2D eigenvalue weighted by molar-refractivity contribution is -0.118. The van der Waals surface area contributed by atoms with Crippen molar-refractivity contribution in [1.29, 1.82) is 0 Å². The van der Waals surface area contributed by atoms with Gasteiger partial charge in [-0.2, -0.15) is 0 Å². The first kappa shape index (κ1) is 22.0. The van der Waals surface area contributed by atoms with E-state index in [4.69, 9.17) is 11.6 Å². The SMILES string of the molecule is Cl.Cn1c(SCC(=O)NCCc2ccc(Cl)cc2)nnc1C1CCNCC1. The minimum absolute atomic E-state index is 0. The predicted molar refractivity (Wildman–Crippen MR) is 112 cm³/mol. The van der Waals surface area contributed by atoms with Crippen molar-refractivity contribution < 1.29 is 4.79 Å². The number of amides is 1. The molecule has 3 rings (SSSR count). The Bertz CT molecular complexity index is 732. The maximum atomic E-state index is 12.1. The molecule has 148 valence electrons. The standard InChI is InChI=1S/C18H24ClN5OS.ClH/c1-24-17(14-7-9-20-10-8-14)22-23-18(24)26-12-16(25)21-11-6-13-2-4-15(19)5-3-13;/h2-5,14,20H,6-12H2,1H3,(H,21,25);1H. The van der Waals surface area contributed by atoms with E-state index >= 15 is 0 Å². The van der Waals surface area contributed by atoms with Crippen molar-refractivity contribution in [3.05, 3.63) is 40.7 Å². The highest BCUT2D eigenvalue weighted by Gasteiger charge is 2.21. The summed E-state index contributed by atoms with van der Waals surface area (Å²) in [5.41, 5.74) is 1.15. The van der Waals surface area contributed by atoms with Crippen molar-refractivity contribution in [1.82, 2.24) is 25.4 Å². The molecule has 0 spiro atoms. The molecular weight excluding hydrogens is 405 g/mol. The summed E-state index contributed by atoms with van der Waals surface area (Å²) in [5.74, 6) is 1.84. The Balaban J connectivity index is 0.00000261. The highest BCUT2D eigenvalue weighted by molar-refractivity contribution is 7.99. The van der Waals surface area contributed by atoms with E-state index in [0.717, 1.165) is 53.9 Å². The van der Waals surface area contributed by atoms with Crippen LogP contribution in [0, 0.1) is 0 Å². The monoisotopic (exact) mass is 429 g/mol. The molecule has 1 saturated heterocycles. The number of piperidine rings is 1. The van der Waals surface area contributed by atoms with Gasteiger partial charge in [0.15, 0.2) is 5.16 Å². The number of carbonyl (C=O) groups excluding carboxylic acids is 1. The Morgan fingerprint density at radius 1 is 1.30 bits per heavy atom. The molecule has 1 aromatic heterocycles. The number of benzene rings is 1. The first-order chi connectivity index (χ1) is 12.6. The van der Waals surface area contributed by atoms with E-state index in [0.29, 0.717) is 18.2 Å². The van der Waals surface area contributed by atoms with Gasteiger partial charge in [-0.25, -0.2) is 0 Å². The molecule has 0 unspecified atom stereocenters. The van der Waals surface area contributed by atoms with Gasteiger partial charge in [-0.05, 0) is 50.0 Å². The molecule has 1 aromatic carbocycles. The van der Waals surface area contributed by atoms with E-state index in [-0.39, 0.29) is 18.3 Å². The van der Waals surface area contributed by atoms with Gasteiger partial charge >= 0.3 is 0 Å². The van der Waals surface area contributed by atoms with Crippen LogP contribution in [0.3, 0.4) is 0 Å². The van der Waals surface area contributed by atoms with Crippen LogP contribution in [0.5, 0.6) is 0 Å². The Hall–Kier alpha value is -1.28. The summed E-state index contributed by atoms with van der Waals surface area (Å²) in [6.07, 6.45) is 2.96. The zero-order chi connectivity index (χ0) is 18.4. The van der Waals surface area contributed by atoms with Crippen molar-refractivity contribution in [3.8, 4) is 0 Å². The third kappa shape index (κ3) is 6.38. The number of nitrogens with one attached hydrogen (secondary N) is 2. The molecule has 1 aliphatic heterocycles. The Morgan fingerprint density at radius 3 is 2.70 bits per heavy atom. The van der Waals surface area contributed by atoms with Crippen LogP contribution in [-0.4, -0.2) is 46.1 Å². The molecule has 1 amide bonds. The Morgan fingerprint density at radius 2 is 2.00 bits per heavy atom. The molecule has 0 saturated carbocycles. The van der Waals surface area contributed by atoms with Gasteiger partial charge < -0.3 is 15.2 Å². The molecule has 6 nitrogen and oxygen atoms in total. The van der Waals surface area contributed by atoms with Crippen LogP contribution >= 0.6 is 35.8 Å². The first-order valence-corrected chi connectivity index (χ1v) is 10.2. The van der Waals surface area contributed by atoms with E-state index in [1.165, 1.54) is 11.8 Å². The van der Waals surface area contributed by atoms with Crippen LogP contribution in [-0.2, 0) is 18.3 Å². The summed E-state index contributed by atoms with van der Waals surface area (Å²) in [6, 6.07) is 7.68. The van der Waals surface area contributed by atoms with Crippen LogP contribution in [0.4, 0.5) is 0 Å². The maximum Gasteiger partial charge on any atom is 0.230 e. The van der Waals surface area contributed by atoms with Crippen LogP contribution in [0.25, 0.3) is 0 Å². The molecule has 0 atom stereocenters. The Kier molecular flexibility index (Phi) is 8.89. The number of hydrogen-bond donors (Lipinski definition) is 2. The zero-order valence-corrected chi connectivity index (χ0v) is 17.7. The maximum absolute atomic E-state index is 12.1. The number of thioether (sulfide) groups is 1. The molecular formula is C18H25Cl2N5OS. The zero-order valence-electron chi connectivity index (χ0n) is 15.3. The molecule has 9 heteroatoms. The molecule has 0 radical (unpaired) electrons. The fourth-order valence-corrected chi connectivity index (χ4v) is 3.94. The second kappa shape index (κ2) is 10.9. The van der Waals surface area contributed by atoms with E-state index in [1.54, 1.807) is 0 Å². The van der Waals surface area contributed by atoms with Gasteiger partial charge in [0, 0.05) is 24.5 Å². The molecule has 2 N–H and O–H groups in total. The third-order valence-corrected chi connectivity index (χ3v) is 5.83. The summed E-state index contributed by atoms with van der Waals surface area (Å²) >= 11 is 7.30. The van der Waals surface area contributed by atoms with Gasteiger partial charge in [0.25, 0.3) is 0 Å². The van der Waals surface area contributed by atoms with Crippen molar-refractivity contribution in [2.75, 3.05) is 25.4 Å². The lowest BCUT2D eigenvalue weighted by atomic mass is 9.97. The summed E-state index contributed by atoms with van der Waals surface area (Å²) < 4.78 is 2.03. The van der Waals surface area contributed by atoms with Gasteiger partial charge in [-0.3, -0.25) is 4.79 Å². The van der Waals surface area contributed by atoms with Gasteiger partial charge in [-0.1, -0.05) is 35.5 Å². The lowest BCUT2D eigenvalue weighted by Gasteiger charge is -2.21. The second-order valence-electron chi connectivity index (χ2n) is 6.44. The van der Waals surface area contributed by atoms with Gasteiger partial charge in [0.2, 0.25) is 5.91 Å². The van der Waals surface area contributed by atoms with Crippen molar-refractivity contribution in [2.45, 2.75) is 30.3 Å². The lowest BCUT2D eigenvalue weighted by Crippen LogP contribution is -2.28. The van der Waals surface area contributed by atoms with Crippen LogP contribution in [0.2, 0.25) is 5.02 Å². The number of nitrogens with zero attached hydrogens (tertiary/aromatic N) is 3. The number of hydrogen-bond acceptors (Lipinski definition) is 5. The van der Waals surface area contributed by atoms with Crippen LogP contribution in [0.1, 0.15) is 30.1 Å². The molecule has 2 aromatic rings. The van der Waals surface area contributed by atoms with Crippen molar-refractivity contribution in [2.24, 2.45) is 7.05 Å². The highest BCUT2D eigenvalue weighted by atomic mass is 35.5. The average molecular weight is 430 g/mol. The van der Waals surface area contributed by atoms with Gasteiger partial charge in [-0.15, -0.1) is 22.6 Å². The molecule has 2 heterocycles. The summed E-state index contributed by atoms with van der Waals surface area (Å²) in [4.78, 5) is 12.1. The third-order valence-electron chi connectivity index (χ3n) is 4.55. The molecule has 0 bridgehead atoms. The number of rotatable bonds is 7. The smallest absolute Gasteiger partial charge is 0.230 e. The van der Waals surface area contributed by atoms with Crippen molar-refractivity contribution in [3.63, 3.8) is 0 Å². The van der Waals surface area contributed by atoms with E-state index in [2.05, 4.69) is 20.8 Å². The molecule has 1 aliphatic rings. The van der Waals surface area contributed by atoms with Crippen LogP contribution < -0.4 is 10.6 Å². The van der Waals surface area contributed by atoms with Crippen molar-refractivity contribution >= 4 is 41.7 Å². The molecule has 0 aliphatic carbocycles. The highest BCUT2D eigenvalue weighted by Crippen LogP contribution is 2.26. The minimum atomic E-state index is 0. The fraction of sp³-hybridized carbons (Fsp3) is 0.500. The topological polar surface area (TPSA) is 71.8 Å². The van der Waals surface area contributed by atoms with E-state index in [1.807, 2.05) is 35.9 Å². The number of carbonyl (C=O) groups is 1.